The zero-order chi connectivity index (χ0) is 24.1. The van der Waals surface area contributed by atoms with Gasteiger partial charge in [-0.1, -0.05) is 11.3 Å². The van der Waals surface area contributed by atoms with Crippen LogP contribution in [0.3, 0.4) is 0 Å². The van der Waals surface area contributed by atoms with Crippen molar-refractivity contribution in [1.82, 2.24) is 15.0 Å². The molecule has 10 heteroatoms. The Kier molecular flexibility index (Phi) is 6.96. The number of aromatic nitrogens is 3. The summed E-state index contributed by atoms with van der Waals surface area (Å²) in [6.07, 6.45) is 1.51. The standard InChI is InChI=1S/C24H21N5O4S/c1-14-10-16(17-11-15(12-25)4-6-20(17)32-3)18(13-26-14)22(30)29-24-27-19-5-7-21(28-23(19)34-24)33-9-8-31-2/h4-7,10-11,13H,8-9H2,1-3H3,(H,27,29,30). The summed E-state index contributed by atoms with van der Waals surface area (Å²) in [5.74, 6) is 0.618. The van der Waals surface area contributed by atoms with Crippen LogP contribution in [0.25, 0.3) is 21.5 Å². The van der Waals surface area contributed by atoms with E-state index < -0.39 is 0 Å². The molecule has 0 fully saturated rings. The fourth-order valence-electron chi connectivity index (χ4n) is 3.28. The highest BCUT2D eigenvalue weighted by molar-refractivity contribution is 7.22. The van der Waals surface area contributed by atoms with Crippen molar-refractivity contribution in [3.05, 3.63) is 59.4 Å². The summed E-state index contributed by atoms with van der Waals surface area (Å²) in [6.45, 7) is 2.67. The number of benzene rings is 1. The van der Waals surface area contributed by atoms with Crippen LogP contribution in [0.2, 0.25) is 0 Å². The summed E-state index contributed by atoms with van der Waals surface area (Å²) in [4.78, 5) is 27.1. The van der Waals surface area contributed by atoms with E-state index in [1.807, 2.05) is 6.92 Å². The summed E-state index contributed by atoms with van der Waals surface area (Å²) >= 11 is 1.24. The third-order valence-corrected chi connectivity index (χ3v) is 5.77. The van der Waals surface area contributed by atoms with Gasteiger partial charge in [-0.15, -0.1) is 0 Å². The van der Waals surface area contributed by atoms with Gasteiger partial charge in [-0.2, -0.15) is 5.26 Å². The largest absolute Gasteiger partial charge is 0.496 e. The first-order valence-electron chi connectivity index (χ1n) is 10.3. The summed E-state index contributed by atoms with van der Waals surface area (Å²) in [7, 11) is 3.14. The van der Waals surface area contributed by atoms with E-state index in [9.17, 15) is 10.1 Å². The molecule has 0 radical (unpaired) electrons. The van der Waals surface area contributed by atoms with E-state index in [-0.39, 0.29) is 5.91 Å². The molecule has 0 unspecified atom stereocenters. The van der Waals surface area contributed by atoms with Crippen molar-refractivity contribution in [2.75, 3.05) is 32.8 Å². The van der Waals surface area contributed by atoms with Crippen LogP contribution in [-0.2, 0) is 4.74 Å². The Bertz CT molecular complexity index is 1400. The molecule has 4 aromatic rings. The highest BCUT2D eigenvalue weighted by atomic mass is 32.1. The number of nitrogens with one attached hydrogen (secondary N) is 1. The number of carbonyl (C=O) groups is 1. The zero-order valence-corrected chi connectivity index (χ0v) is 19.6. The molecule has 9 nitrogen and oxygen atoms in total. The Labute approximate surface area is 200 Å². The van der Waals surface area contributed by atoms with E-state index >= 15 is 0 Å². The minimum Gasteiger partial charge on any atom is -0.496 e. The van der Waals surface area contributed by atoms with Gasteiger partial charge in [0.05, 0.1) is 30.9 Å². The number of fused-ring (bicyclic) bond motifs is 1. The SMILES string of the molecule is COCCOc1ccc2nc(NC(=O)c3cnc(C)cc3-c3cc(C#N)ccc3OC)sc2n1. The van der Waals surface area contributed by atoms with Crippen LogP contribution in [0.15, 0.2) is 42.6 Å². The van der Waals surface area contributed by atoms with Gasteiger partial charge in [0.25, 0.3) is 5.91 Å². The molecule has 1 amide bonds. The second-order valence-corrected chi connectivity index (χ2v) is 8.16. The molecule has 172 valence electrons. The van der Waals surface area contributed by atoms with Gasteiger partial charge >= 0.3 is 0 Å². The molecule has 0 atom stereocenters. The molecule has 3 aromatic heterocycles. The zero-order valence-electron chi connectivity index (χ0n) is 18.8. The van der Waals surface area contributed by atoms with Gasteiger partial charge in [-0.25, -0.2) is 9.97 Å². The van der Waals surface area contributed by atoms with Crippen LogP contribution in [0.5, 0.6) is 11.6 Å². The molecule has 0 bridgehead atoms. The van der Waals surface area contributed by atoms with Crippen molar-refractivity contribution in [1.29, 1.82) is 5.26 Å². The second kappa shape index (κ2) is 10.2. The molecule has 0 aliphatic rings. The van der Waals surface area contributed by atoms with Crippen LogP contribution in [0.1, 0.15) is 21.6 Å². The van der Waals surface area contributed by atoms with Gasteiger partial charge in [-0.3, -0.25) is 15.1 Å². The number of ether oxygens (including phenoxy) is 3. The highest BCUT2D eigenvalue weighted by Gasteiger charge is 2.19. The van der Waals surface area contributed by atoms with Crippen LogP contribution in [0, 0.1) is 18.3 Å². The van der Waals surface area contributed by atoms with Crippen molar-refractivity contribution in [2.45, 2.75) is 6.92 Å². The molecule has 0 saturated heterocycles. The lowest BCUT2D eigenvalue weighted by molar-refractivity contribution is 0.102. The molecular weight excluding hydrogens is 454 g/mol. The first-order valence-corrected chi connectivity index (χ1v) is 11.1. The number of amides is 1. The lowest BCUT2D eigenvalue weighted by atomic mass is 9.97. The minimum absolute atomic E-state index is 0.329. The van der Waals surface area contributed by atoms with Crippen molar-refractivity contribution >= 4 is 32.7 Å². The van der Waals surface area contributed by atoms with E-state index in [2.05, 4.69) is 26.3 Å². The number of aryl methyl sites for hydroxylation is 1. The first-order chi connectivity index (χ1) is 16.5. The number of nitriles is 1. The van der Waals surface area contributed by atoms with Gasteiger partial charge in [-0.05, 0) is 37.3 Å². The molecular formula is C24H21N5O4S. The maximum Gasteiger partial charge on any atom is 0.259 e. The lowest BCUT2D eigenvalue weighted by Gasteiger charge is -2.13. The predicted molar refractivity (Wildman–Crippen MR) is 128 cm³/mol. The average molecular weight is 476 g/mol. The lowest BCUT2D eigenvalue weighted by Crippen LogP contribution is -2.14. The number of methoxy groups -OCH3 is 2. The summed E-state index contributed by atoms with van der Waals surface area (Å²) < 4.78 is 16.0. The summed E-state index contributed by atoms with van der Waals surface area (Å²) in [5.41, 5.74) is 3.38. The van der Waals surface area contributed by atoms with Crippen molar-refractivity contribution in [3.8, 4) is 28.8 Å². The number of anilines is 1. The number of thiazole rings is 1. The fraction of sp³-hybridized carbons (Fsp3) is 0.208. The fourth-order valence-corrected chi connectivity index (χ4v) is 4.10. The predicted octanol–water partition coefficient (Wildman–Crippen LogP) is 4.22. The Morgan fingerprint density at radius 2 is 1.97 bits per heavy atom. The molecule has 1 aromatic carbocycles. The van der Waals surface area contributed by atoms with Crippen molar-refractivity contribution < 1.29 is 19.0 Å². The molecule has 0 aliphatic heterocycles. The molecule has 0 spiro atoms. The quantitative estimate of drug-likeness (QED) is 0.376. The normalized spacial score (nSPS) is 10.6. The Hall–Kier alpha value is -4.07. The molecule has 4 rings (SSSR count). The molecule has 1 N–H and O–H groups in total. The topological polar surface area (TPSA) is 119 Å². The molecule has 3 heterocycles. The maximum absolute atomic E-state index is 13.2. The highest BCUT2D eigenvalue weighted by Crippen LogP contribution is 2.34. The smallest absolute Gasteiger partial charge is 0.259 e. The molecule has 0 saturated carbocycles. The second-order valence-electron chi connectivity index (χ2n) is 7.19. The van der Waals surface area contributed by atoms with E-state index in [0.29, 0.717) is 62.6 Å². The van der Waals surface area contributed by atoms with Gasteiger partial charge in [0.2, 0.25) is 5.88 Å². The van der Waals surface area contributed by atoms with Crippen LogP contribution in [-0.4, -0.2) is 48.3 Å². The average Bonchev–Trinajstić information content (AvgIpc) is 3.25. The minimum atomic E-state index is -0.387. The number of hydrogen-bond donors (Lipinski definition) is 1. The molecule has 34 heavy (non-hydrogen) atoms. The van der Waals surface area contributed by atoms with Crippen LogP contribution < -0.4 is 14.8 Å². The van der Waals surface area contributed by atoms with Crippen molar-refractivity contribution in [3.63, 3.8) is 0 Å². The number of nitrogens with zero attached hydrogens (tertiary/aromatic N) is 4. The third-order valence-electron chi connectivity index (χ3n) is 4.89. The van der Waals surface area contributed by atoms with E-state index in [1.54, 1.807) is 50.6 Å². The Morgan fingerprint density at radius 3 is 2.74 bits per heavy atom. The number of rotatable bonds is 8. The van der Waals surface area contributed by atoms with Crippen molar-refractivity contribution in [2.24, 2.45) is 0 Å². The van der Waals surface area contributed by atoms with E-state index in [4.69, 9.17) is 14.2 Å². The number of carbonyl (C=O) groups excluding carboxylic acids is 1. The van der Waals surface area contributed by atoms with Gasteiger partial charge < -0.3 is 14.2 Å². The van der Waals surface area contributed by atoms with Gasteiger partial charge in [0, 0.05) is 36.2 Å². The summed E-state index contributed by atoms with van der Waals surface area (Å²) in [5, 5.41) is 12.6. The first kappa shape index (κ1) is 23.1. The van der Waals surface area contributed by atoms with Gasteiger partial charge in [0.1, 0.15) is 22.7 Å². The third kappa shape index (κ3) is 4.96. The van der Waals surface area contributed by atoms with Crippen LogP contribution >= 0.6 is 11.3 Å². The number of pyridine rings is 2. The molecule has 0 aliphatic carbocycles. The van der Waals surface area contributed by atoms with E-state index in [1.165, 1.54) is 17.5 Å². The monoisotopic (exact) mass is 475 g/mol. The van der Waals surface area contributed by atoms with Crippen LogP contribution in [0.4, 0.5) is 5.13 Å². The van der Waals surface area contributed by atoms with Gasteiger partial charge in [0.15, 0.2) is 5.13 Å². The Morgan fingerprint density at radius 1 is 1.12 bits per heavy atom. The summed E-state index contributed by atoms with van der Waals surface area (Å²) in [6, 6.07) is 12.5. The maximum atomic E-state index is 13.2. The number of hydrogen-bond acceptors (Lipinski definition) is 9. The Balaban J connectivity index is 1.65. The van der Waals surface area contributed by atoms with E-state index in [0.717, 1.165) is 5.69 Å².